The first-order chi connectivity index (χ1) is 65.6. The van der Waals surface area contributed by atoms with Gasteiger partial charge in [0.15, 0.2) is 0 Å². The van der Waals surface area contributed by atoms with Gasteiger partial charge in [0.2, 0.25) is 0 Å². The number of furan rings is 2. The lowest BCUT2D eigenvalue weighted by Crippen LogP contribution is -2.29. The van der Waals surface area contributed by atoms with E-state index in [1.54, 1.807) is 0 Å². The van der Waals surface area contributed by atoms with Crippen molar-refractivity contribution in [2.24, 2.45) is 0 Å². The van der Waals surface area contributed by atoms with Gasteiger partial charge in [-0.1, -0.05) is 290 Å². The fourth-order valence-electron chi connectivity index (χ4n) is 9.99. The Labute approximate surface area is 599 Å². The molecule has 4 nitrogen and oxygen atoms in total. The third-order valence-electron chi connectivity index (χ3n) is 13.9. The standard InChI is InChI=1S/C42H26O.C30H19Br.C12H9BO3/c1-2-11-30-26-31(25-22-27(30)10-1)28-20-23-29(24-21-28)40-33-13-3-5-15-35(33)41(36-16-6-4-14-34(36)40)38-18-9-17-37-32-12-7-8-19-39(32)43-42(37)38;31-30-27-11-5-3-9-25(27)29(26-10-4-6-12-28(26)30)22-16-13-21(14-17-22)24-18-15-20-7-1-2-8-23(20)19-24;14-13(15)10-6-3-5-9-8-4-1-2-7-11(8)16-12(9)10/h1-26H;1-19H;1-7,14-15H/i1D,2D,3D,4D,5D,6D,7D,8D,9D,10D,11D,12D,13D,14D,15D,16D,18D,19D,20D,21D,22D,23D,24D,25D,26D;1D,2D,3D,4D,5D,6D,7D,8D,9D,10D,11D,12D,13D,14D,15D,16D,17D,18D,19D;1D,2D,3D,4D,5D,6D,7D. The van der Waals surface area contributed by atoms with Crippen molar-refractivity contribution in [3.8, 4) is 55.6 Å². The Balaban J connectivity index is 0.000000170. The molecule has 18 rings (SSSR count). The van der Waals surface area contributed by atoms with Crippen LogP contribution in [0, 0.1) is 0 Å². The lowest BCUT2D eigenvalue weighted by Gasteiger charge is -2.18. The van der Waals surface area contributed by atoms with Crippen LogP contribution in [0.25, 0.3) is 164 Å². The summed E-state index contributed by atoms with van der Waals surface area (Å²) in [6, 6.07) is -38.1. The molecule has 2 N–H and O–H groups in total. The Morgan fingerprint density at radius 2 is 0.633 bits per heavy atom. The molecule has 0 fully saturated rings. The average Bonchev–Trinajstić information content (AvgIpc) is 1.29. The van der Waals surface area contributed by atoms with Crippen LogP contribution in [0.5, 0.6) is 0 Å². The van der Waals surface area contributed by atoms with Crippen LogP contribution in [0.3, 0.4) is 0 Å². The number of rotatable bonds is 6. The van der Waals surface area contributed by atoms with Crippen molar-refractivity contribution in [3.05, 3.63) is 319 Å². The molecule has 0 saturated heterocycles. The topological polar surface area (TPSA) is 66.7 Å². The van der Waals surface area contributed by atoms with Crippen LogP contribution in [0.1, 0.15) is 69.9 Å². The molecule has 424 valence electrons. The summed E-state index contributed by atoms with van der Waals surface area (Å²) in [7, 11) is -2.15. The molecular formula is C84H54BBrO4. The van der Waals surface area contributed by atoms with Gasteiger partial charge < -0.3 is 18.9 Å². The van der Waals surface area contributed by atoms with Crippen LogP contribution in [0.4, 0.5) is 0 Å². The molecule has 0 radical (unpaired) electrons. The van der Waals surface area contributed by atoms with E-state index in [2.05, 4.69) is 15.9 Å². The summed E-state index contributed by atoms with van der Waals surface area (Å²) in [5.74, 6) is 0. The minimum Gasteiger partial charge on any atom is -0.456 e. The van der Waals surface area contributed by atoms with Crippen molar-refractivity contribution in [1.82, 2.24) is 0 Å². The number of benzene rings is 16. The fraction of sp³-hybridized carbons (Fsp3) is 0. The molecule has 6 heteroatoms. The maximum absolute atomic E-state index is 9.47. The molecular weight excluding hydrogens is 1160 g/mol. The van der Waals surface area contributed by atoms with Crippen molar-refractivity contribution in [2.45, 2.75) is 0 Å². The largest absolute Gasteiger partial charge is 0.492 e. The van der Waals surface area contributed by atoms with Crippen LogP contribution in [0.2, 0.25) is 0 Å². The highest BCUT2D eigenvalue weighted by Crippen LogP contribution is 2.47. The molecule has 0 atom stereocenters. The monoisotopic (exact) mass is 1270 g/mol. The number of hydrogen-bond acceptors (Lipinski definition) is 4. The molecule has 90 heavy (non-hydrogen) atoms. The second-order valence-electron chi connectivity index (χ2n) is 18.9. The Hall–Kier alpha value is -10.9. The van der Waals surface area contributed by atoms with Gasteiger partial charge in [0.25, 0.3) is 0 Å². The Bertz CT molecular complexity index is 8760. The summed E-state index contributed by atoms with van der Waals surface area (Å²) in [6.07, 6.45) is 0. The lowest BCUT2D eigenvalue weighted by atomic mass is 9.79. The van der Waals surface area contributed by atoms with Gasteiger partial charge >= 0.3 is 7.12 Å². The summed E-state index contributed by atoms with van der Waals surface area (Å²) in [5, 5.41) is 12.4. The predicted molar refractivity (Wildman–Crippen MR) is 384 cm³/mol. The molecule has 0 aliphatic heterocycles. The van der Waals surface area contributed by atoms with Gasteiger partial charge in [-0.15, -0.1) is 0 Å². The number of halogens is 1. The molecule has 0 spiro atoms. The molecule has 2 heterocycles. The first kappa shape index (κ1) is 22.9. The van der Waals surface area contributed by atoms with Gasteiger partial charge in [0.1, 0.15) is 22.3 Å². The Morgan fingerprint density at radius 1 is 0.278 bits per heavy atom. The molecule has 18 aromatic rings. The van der Waals surface area contributed by atoms with Gasteiger partial charge in [-0.2, -0.15) is 0 Å². The van der Waals surface area contributed by atoms with E-state index in [9.17, 15) is 22.4 Å². The Morgan fingerprint density at radius 3 is 1.11 bits per heavy atom. The van der Waals surface area contributed by atoms with E-state index < -0.39 is 431 Å². The van der Waals surface area contributed by atoms with Gasteiger partial charge in [-0.3, -0.25) is 0 Å². The van der Waals surface area contributed by atoms with Crippen LogP contribution >= 0.6 is 15.9 Å². The predicted octanol–water partition coefficient (Wildman–Crippen LogP) is 22.6. The van der Waals surface area contributed by atoms with Crippen molar-refractivity contribution in [1.29, 1.82) is 0 Å². The third kappa shape index (κ3) is 9.66. The summed E-state index contributed by atoms with van der Waals surface area (Å²) in [6.45, 7) is 0. The van der Waals surface area contributed by atoms with E-state index in [0.717, 1.165) is 6.07 Å². The molecule has 0 aliphatic carbocycles. The maximum atomic E-state index is 9.47. The normalized spacial score (nSPS) is 19.4. The van der Waals surface area contributed by atoms with Crippen LogP contribution in [0.15, 0.2) is 328 Å². The number of para-hydroxylation sites is 4. The summed E-state index contributed by atoms with van der Waals surface area (Å²) >= 11 is 3.27. The van der Waals surface area contributed by atoms with E-state index in [0.29, 0.717) is 0 Å². The highest BCUT2D eigenvalue weighted by molar-refractivity contribution is 9.10. The second-order valence-corrected chi connectivity index (χ2v) is 19.7. The Kier molecular flexibility index (Phi) is 5.87. The molecule has 16 aromatic carbocycles. The van der Waals surface area contributed by atoms with Gasteiger partial charge in [-0.25, -0.2) is 0 Å². The molecule has 0 saturated carbocycles. The van der Waals surface area contributed by atoms with E-state index in [-0.39, 0.29) is 58.7 Å². The van der Waals surface area contributed by atoms with Crippen molar-refractivity contribution in [3.63, 3.8) is 0 Å². The highest BCUT2D eigenvalue weighted by atomic mass is 79.9. The average molecular weight is 1270 g/mol. The lowest BCUT2D eigenvalue weighted by molar-refractivity contribution is 0.425. The van der Waals surface area contributed by atoms with Gasteiger partial charge in [0, 0.05) is 42.6 Å². The molecule has 0 unspecified atom stereocenters. The SMILES string of the molecule is [2H]c1c([2H])c(-c2c3c([2H])c([2H])c([2H])c([2H])c3c(Br)c3c([2H])c([2H])c([2H])c([2H])c23)c([2H])c([2H])c1-c1c([2H])c([2H])c2c([2H])c([2H])c([2H])c([2H])c2c1[2H].[2H]c1c([2H])c([2H])c2c(oc3c(B(O)O)c([2H])c([2H])c([2H])c32)c1[2H].[2H]c1cc2c(oc3c([2H])c([2H])c([2H])c([2H])c32)c(-c2c3c([2H])c([2H])c([2H])c([2H])c3c(-c3c([2H])c([2H])c(-c4c([2H])c([2H])c5c([2H])c([2H])c([2H])c([2H])c5c4[2H])c([2H])c3[2H])c3c([2H])c([2H])c([2H])c([2H])c23)c1[2H]. The zero-order valence-corrected chi connectivity index (χ0v) is 46.3. The van der Waals surface area contributed by atoms with E-state index in [4.69, 9.17) is 66.4 Å². The maximum Gasteiger partial charge on any atom is 0.492 e. The van der Waals surface area contributed by atoms with Crippen LogP contribution in [-0.2, 0) is 0 Å². The molecule has 2 aromatic heterocycles. The zero-order valence-electron chi connectivity index (χ0n) is 95.7. The summed E-state index contributed by atoms with van der Waals surface area (Å²) < 4.78 is 451. The molecule has 0 amide bonds. The van der Waals surface area contributed by atoms with Crippen molar-refractivity contribution >= 4 is 137 Å². The summed E-state index contributed by atoms with van der Waals surface area (Å²) in [4.78, 5) is 0. The van der Waals surface area contributed by atoms with E-state index in [1.807, 2.05) is 0 Å². The minimum absolute atomic E-state index is 0.119. The first-order valence-electron chi connectivity index (χ1n) is 51.6. The summed E-state index contributed by atoms with van der Waals surface area (Å²) in [5.41, 5.74) is -8.40. The highest BCUT2D eigenvalue weighted by Gasteiger charge is 2.22. The van der Waals surface area contributed by atoms with E-state index in [1.165, 1.54) is 0 Å². The van der Waals surface area contributed by atoms with Gasteiger partial charge in [0.05, 0.1) is 69.9 Å². The molecule has 0 aliphatic rings. The molecule has 0 bridgehead atoms. The third-order valence-corrected chi connectivity index (χ3v) is 14.7. The number of hydrogen-bond donors (Lipinski definition) is 2. The number of fused-ring (bicyclic) bond motifs is 12. The second kappa shape index (κ2) is 23.0. The van der Waals surface area contributed by atoms with Crippen LogP contribution < -0.4 is 5.46 Å². The quantitative estimate of drug-likeness (QED) is 0.129. The van der Waals surface area contributed by atoms with E-state index >= 15 is 0 Å². The first-order valence-corrected chi connectivity index (χ1v) is 26.9. The van der Waals surface area contributed by atoms with Crippen LogP contribution in [-0.4, -0.2) is 17.2 Å². The smallest absolute Gasteiger partial charge is 0.456 e. The fourth-order valence-corrected chi connectivity index (χ4v) is 10.6. The van der Waals surface area contributed by atoms with Crippen molar-refractivity contribution < 1.29 is 88.8 Å². The van der Waals surface area contributed by atoms with Crippen molar-refractivity contribution in [2.75, 3.05) is 0 Å². The van der Waals surface area contributed by atoms with Gasteiger partial charge in [-0.05, 0) is 149 Å². The zero-order chi connectivity index (χ0) is 105. The minimum atomic E-state index is -2.15.